The lowest BCUT2D eigenvalue weighted by Crippen LogP contribution is -2.41. The van der Waals surface area contributed by atoms with Crippen LogP contribution in [0.2, 0.25) is 18.1 Å². The van der Waals surface area contributed by atoms with E-state index in [9.17, 15) is 0 Å². The summed E-state index contributed by atoms with van der Waals surface area (Å²) in [5.41, 5.74) is 3.84. The summed E-state index contributed by atoms with van der Waals surface area (Å²) in [6.45, 7) is 12.7. The van der Waals surface area contributed by atoms with Crippen LogP contribution in [0.1, 0.15) is 27.2 Å². The lowest BCUT2D eigenvalue weighted by atomic mass is 10.2. The molecule has 0 aliphatic rings. The Bertz CT molecular complexity index is 1380. The summed E-state index contributed by atoms with van der Waals surface area (Å²) < 4.78 is 19.3. The quantitative estimate of drug-likeness (QED) is 0.181. The lowest BCUT2D eigenvalue weighted by molar-refractivity contribution is 0.284. The highest BCUT2D eigenvalue weighted by atomic mass is 28.4. The number of anilines is 2. The molecule has 38 heavy (non-hydrogen) atoms. The van der Waals surface area contributed by atoms with Gasteiger partial charge in [0.25, 0.3) is 0 Å². The average Bonchev–Trinajstić information content (AvgIpc) is 3.33. The van der Waals surface area contributed by atoms with Gasteiger partial charge in [-0.2, -0.15) is 5.10 Å². The van der Waals surface area contributed by atoms with Crippen LogP contribution >= 0.6 is 0 Å². The molecule has 202 valence electrons. The molecule has 4 rings (SSSR count). The molecule has 3 aromatic heterocycles. The maximum absolute atomic E-state index is 6.45. The van der Waals surface area contributed by atoms with E-state index in [4.69, 9.17) is 23.9 Å². The molecule has 9 nitrogen and oxygen atoms in total. The van der Waals surface area contributed by atoms with Crippen LogP contribution in [0.15, 0.2) is 48.9 Å². The molecule has 0 spiro atoms. The highest BCUT2D eigenvalue weighted by Gasteiger charge is 2.36. The molecule has 1 aromatic carbocycles. The first kappa shape index (κ1) is 27.5. The molecule has 10 heteroatoms. The predicted molar refractivity (Wildman–Crippen MR) is 154 cm³/mol. The smallest absolute Gasteiger partial charge is 0.191 e. The predicted octanol–water partition coefficient (Wildman–Crippen LogP) is 5.99. The van der Waals surface area contributed by atoms with E-state index in [0.717, 1.165) is 34.7 Å². The van der Waals surface area contributed by atoms with Crippen LogP contribution in [-0.4, -0.2) is 60.4 Å². The summed E-state index contributed by atoms with van der Waals surface area (Å²) in [7, 11) is 3.35. The molecule has 0 bridgehead atoms. The summed E-state index contributed by atoms with van der Waals surface area (Å²) in [6, 6.07) is 9.76. The van der Waals surface area contributed by atoms with Crippen molar-refractivity contribution in [2.45, 2.75) is 45.3 Å². The van der Waals surface area contributed by atoms with Gasteiger partial charge in [0.05, 0.1) is 32.3 Å². The van der Waals surface area contributed by atoms with Gasteiger partial charge in [-0.25, -0.2) is 9.97 Å². The van der Waals surface area contributed by atoms with Crippen molar-refractivity contribution >= 4 is 31.0 Å². The Hall–Kier alpha value is -3.50. The number of benzene rings is 1. The monoisotopic (exact) mass is 534 g/mol. The first-order chi connectivity index (χ1) is 18.0. The van der Waals surface area contributed by atoms with Crippen LogP contribution in [0, 0.1) is 0 Å². The SMILES string of the molecule is COc1cc(OC)cc(N(CCCO[Si](C)(C)C(C)(C)C)c2ccc3ncc(-c4cnn(C)c4)nc3n2)c1. The minimum Gasteiger partial charge on any atom is -0.497 e. The molecule has 4 aromatic rings. The molecule has 0 N–H and O–H groups in total. The summed E-state index contributed by atoms with van der Waals surface area (Å²) in [4.78, 5) is 16.5. The number of aromatic nitrogens is 5. The molecular formula is C28H38N6O3Si. The number of methoxy groups -OCH3 is 2. The fraction of sp³-hybridized carbons (Fsp3) is 0.429. The maximum Gasteiger partial charge on any atom is 0.191 e. The molecule has 0 fully saturated rings. The average molecular weight is 535 g/mol. The van der Waals surface area contributed by atoms with Crippen molar-refractivity contribution in [2.75, 3.05) is 32.3 Å². The van der Waals surface area contributed by atoms with Crippen molar-refractivity contribution in [3.63, 3.8) is 0 Å². The van der Waals surface area contributed by atoms with E-state index in [1.165, 1.54) is 0 Å². The lowest BCUT2D eigenvalue weighted by Gasteiger charge is -2.36. The van der Waals surface area contributed by atoms with Crippen molar-refractivity contribution in [3.05, 3.63) is 48.9 Å². The number of ether oxygens (including phenoxy) is 2. The molecule has 0 saturated heterocycles. The van der Waals surface area contributed by atoms with Crippen LogP contribution in [-0.2, 0) is 11.5 Å². The Labute approximate surface area is 225 Å². The normalized spacial score (nSPS) is 12.1. The molecule has 0 amide bonds. The number of pyridine rings is 1. The zero-order chi connectivity index (χ0) is 27.5. The Morgan fingerprint density at radius 3 is 2.29 bits per heavy atom. The van der Waals surface area contributed by atoms with Gasteiger partial charge in [-0.05, 0) is 36.7 Å². The van der Waals surface area contributed by atoms with Crippen LogP contribution in [0.5, 0.6) is 11.5 Å². The molecule has 0 aliphatic carbocycles. The van der Waals surface area contributed by atoms with Crippen molar-refractivity contribution in [3.8, 4) is 22.8 Å². The topological polar surface area (TPSA) is 87.4 Å². The first-order valence-corrected chi connectivity index (χ1v) is 15.7. The Morgan fingerprint density at radius 1 is 0.974 bits per heavy atom. The van der Waals surface area contributed by atoms with Crippen molar-refractivity contribution in [2.24, 2.45) is 7.05 Å². The van der Waals surface area contributed by atoms with Gasteiger partial charge in [-0.1, -0.05) is 20.8 Å². The second kappa shape index (κ2) is 11.1. The second-order valence-electron chi connectivity index (χ2n) is 10.9. The third-order valence-corrected chi connectivity index (χ3v) is 11.7. The van der Waals surface area contributed by atoms with E-state index in [-0.39, 0.29) is 5.04 Å². The molecule has 0 atom stereocenters. The molecule has 0 aliphatic heterocycles. The fourth-order valence-corrected chi connectivity index (χ4v) is 4.91. The zero-order valence-electron chi connectivity index (χ0n) is 23.6. The van der Waals surface area contributed by atoms with Gasteiger partial charge in [-0.3, -0.25) is 9.67 Å². The van der Waals surface area contributed by atoms with E-state index in [0.29, 0.717) is 30.3 Å². The zero-order valence-corrected chi connectivity index (χ0v) is 24.6. The number of fused-ring (bicyclic) bond motifs is 1. The van der Waals surface area contributed by atoms with E-state index in [1.54, 1.807) is 31.3 Å². The van der Waals surface area contributed by atoms with Crippen LogP contribution < -0.4 is 14.4 Å². The van der Waals surface area contributed by atoms with Gasteiger partial charge in [0.2, 0.25) is 0 Å². The largest absolute Gasteiger partial charge is 0.497 e. The fourth-order valence-electron chi connectivity index (χ4n) is 3.82. The van der Waals surface area contributed by atoms with Crippen molar-refractivity contribution in [1.82, 2.24) is 24.7 Å². The maximum atomic E-state index is 6.45. The minimum atomic E-state index is -1.84. The van der Waals surface area contributed by atoms with E-state index in [2.05, 4.69) is 48.8 Å². The number of hydrogen-bond acceptors (Lipinski definition) is 8. The second-order valence-corrected chi connectivity index (χ2v) is 15.7. The highest BCUT2D eigenvalue weighted by molar-refractivity contribution is 6.74. The Balaban J connectivity index is 1.68. The van der Waals surface area contributed by atoms with Crippen molar-refractivity contribution < 1.29 is 13.9 Å². The van der Waals surface area contributed by atoms with E-state index >= 15 is 0 Å². The third kappa shape index (κ3) is 6.13. The van der Waals surface area contributed by atoms with Crippen LogP contribution in [0.3, 0.4) is 0 Å². The van der Waals surface area contributed by atoms with Crippen molar-refractivity contribution in [1.29, 1.82) is 0 Å². The van der Waals surface area contributed by atoms with Crippen LogP contribution in [0.25, 0.3) is 22.4 Å². The number of nitrogens with zero attached hydrogens (tertiary/aromatic N) is 6. The van der Waals surface area contributed by atoms with Crippen LogP contribution in [0.4, 0.5) is 11.5 Å². The van der Waals surface area contributed by atoms with Gasteiger partial charge in [-0.15, -0.1) is 0 Å². The standard InChI is InChI=1S/C28H38N6O3Si/c1-28(2,3)38(7,8)37-13-9-12-34(21-14-22(35-5)16-23(15-21)36-6)26-11-10-24-27(32-26)31-25(18-29-24)20-17-30-33(4)19-20/h10-11,14-19H,9,12-13H2,1-8H3. The van der Waals surface area contributed by atoms with E-state index in [1.807, 2.05) is 43.6 Å². The van der Waals surface area contributed by atoms with Gasteiger partial charge in [0.15, 0.2) is 14.0 Å². The molecular weight excluding hydrogens is 496 g/mol. The molecule has 0 unspecified atom stereocenters. The third-order valence-electron chi connectivity index (χ3n) is 7.11. The van der Waals surface area contributed by atoms with Gasteiger partial charge >= 0.3 is 0 Å². The van der Waals surface area contributed by atoms with Gasteiger partial charge in [0, 0.05) is 55.8 Å². The molecule has 0 saturated carbocycles. The first-order valence-electron chi connectivity index (χ1n) is 12.8. The van der Waals surface area contributed by atoms with Gasteiger partial charge in [0.1, 0.15) is 22.8 Å². The summed E-state index contributed by atoms with van der Waals surface area (Å²) >= 11 is 0. The number of rotatable bonds is 10. The molecule has 3 heterocycles. The number of hydrogen-bond donors (Lipinski definition) is 0. The van der Waals surface area contributed by atoms with E-state index < -0.39 is 8.32 Å². The highest BCUT2D eigenvalue weighted by Crippen LogP contribution is 2.37. The Morgan fingerprint density at radius 2 is 1.68 bits per heavy atom. The summed E-state index contributed by atoms with van der Waals surface area (Å²) in [5.74, 6) is 2.18. The molecule has 0 radical (unpaired) electrons. The number of aryl methyl sites for hydroxylation is 1. The summed E-state index contributed by atoms with van der Waals surface area (Å²) in [5, 5.41) is 4.42. The minimum absolute atomic E-state index is 0.164. The summed E-state index contributed by atoms with van der Waals surface area (Å²) in [6.07, 6.45) is 6.27. The Kier molecular flexibility index (Phi) is 8.03. The van der Waals surface area contributed by atoms with Gasteiger partial charge < -0.3 is 18.8 Å².